The molecule has 0 radical (unpaired) electrons. The predicted octanol–water partition coefficient (Wildman–Crippen LogP) is 1.80. The predicted molar refractivity (Wildman–Crippen MR) is 84.1 cm³/mol. The van der Waals surface area contributed by atoms with Crippen LogP contribution < -0.4 is 4.18 Å². The highest BCUT2D eigenvalue weighted by atomic mass is 32.2. The minimum absolute atomic E-state index is 0.0764. The monoisotopic (exact) mass is 329 g/mol. The molecule has 0 aliphatic heterocycles. The van der Waals surface area contributed by atoms with Crippen molar-refractivity contribution >= 4 is 16.0 Å². The van der Waals surface area contributed by atoms with Crippen LogP contribution in [0.2, 0.25) is 0 Å². The van der Waals surface area contributed by atoms with Crippen molar-refractivity contribution in [2.75, 3.05) is 26.5 Å². The van der Waals surface area contributed by atoms with Crippen LogP contribution in [0.3, 0.4) is 0 Å². The lowest BCUT2D eigenvalue weighted by atomic mass is 10.2. The maximum Gasteiger partial charge on any atom is 0.306 e. The molecule has 0 aliphatic carbocycles. The van der Waals surface area contributed by atoms with Gasteiger partial charge in [-0.15, -0.1) is 0 Å². The summed E-state index contributed by atoms with van der Waals surface area (Å²) in [5.74, 6) is 0.339. The fourth-order valence-corrected chi connectivity index (χ4v) is 2.42. The summed E-state index contributed by atoms with van der Waals surface area (Å²) >= 11 is 0. The first-order valence-electron chi connectivity index (χ1n) is 7.11. The summed E-state index contributed by atoms with van der Waals surface area (Å²) in [6.07, 6.45) is 2.22. The number of hydrogen-bond acceptors (Lipinski definition) is 5. The average molecular weight is 329 g/mol. The van der Waals surface area contributed by atoms with Gasteiger partial charge in [-0.25, -0.2) is 0 Å². The summed E-state index contributed by atoms with van der Waals surface area (Å²) in [5.41, 5.74) is 0.917. The molecule has 1 aromatic carbocycles. The third-order valence-corrected chi connectivity index (χ3v) is 3.47. The Labute approximate surface area is 132 Å². The minimum Gasteiger partial charge on any atom is -0.385 e. The zero-order valence-electron chi connectivity index (χ0n) is 13.2. The van der Waals surface area contributed by atoms with Crippen LogP contribution in [0.4, 0.5) is 0 Å². The van der Waals surface area contributed by atoms with Gasteiger partial charge in [-0.2, -0.15) is 8.42 Å². The van der Waals surface area contributed by atoms with Crippen LogP contribution in [-0.2, 0) is 26.2 Å². The first kappa shape index (κ1) is 18.4. The van der Waals surface area contributed by atoms with E-state index in [2.05, 4.69) is 0 Å². The van der Waals surface area contributed by atoms with E-state index >= 15 is 0 Å². The summed E-state index contributed by atoms with van der Waals surface area (Å²) in [4.78, 5) is 13.7. The molecule has 1 aromatic rings. The van der Waals surface area contributed by atoms with Crippen molar-refractivity contribution in [3.63, 3.8) is 0 Å². The molecular formula is C15H23NO5S. The van der Waals surface area contributed by atoms with E-state index in [4.69, 9.17) is 8.92 Å². The van der Waals surface area contributed by atoms with Crippen molar-refractivity contribution in [2.45, 2.75) is 26.3 Å². The lowest BCUT2D eigenvalue weighted by Crippen LogP contribution is -2.31. The highest BCUT2D eigenvalue weighted by molar-refractivity contribution is 7.86. The Hall–Kier alpha value is -1.60. The van der Waals surface area contributed by atoms with Gasteiger partial charge in [0.25, 0.3) is 0 Å². The number of amides is 1. The van der Waals surface area contributed by atoms with Gasteiger partial charge in [0, 0.05) is 33.2 Å². The van der Waals surface area contributed by atoms with E-state index in [1.54, 1.807) is 36.3 Å². The Morgan fingerprint density at radius 2 is 1.86 bits per heavy atom. The van der Waals surface area contributed by atoms with Crippen LogP contribution in [-0.4, -0.2) is 45.7 Å². The van der Waals surface area contributed by atoms with E-state index in [1.165, 1.54) is 0 Å². The number of carbonyl (C=O) groups excluding carboxylic acids is 1. The molecular weight excluding hydrogens is 306 g/mol. The summed E-state index contributed by atoms with van der Waals surface area (Å²) < 4.78 is 31.9. The smallest absolute Gasteiger partial charge is 0.306 e. The second kappa shape index (κ2) is 8.75. The van der Waals surface area contributed by atoms with Crippen LogP contribution in [0.25, 0.3) is 0 Å². The van der Waals surface area contributed by atoms with Crippen molar-refractivity contribution in [2.24, 2.45) is 0 Å². The van der Waals surface area contributed by atoms with Gasteiger partial charge in [-0.1, -0.05) is 19.1 Å². The van der Waals surface area contributed by atoms with Crippen LogP contribution in [0.15, 0.2) is 24.3 Å². The molecule has 0 fully saturated rings. The molecule has 0 aliphatic rings. The number of benzene rings is 1. The van der Waals surface area contributed by atoms with Crippen molar-refractivity contribution in [1.29, 1.82) is 0 Å². The third kappa shape index (κ3) is 6.91. The van der Waals surface area contributed by atoms with Gasteiger partial charge in [0.2, 0.25) is 5.91 Å². The fraction of sp³-hybridized carbons (Fsp3) is 0.533. The van der Waals surface area contributed by atoms with Gasteiger partial charge in [0.1, 0.15) is 5.75 Å². The van der Waals surface area contributed by atoms with Gasteiger partial charge in [0.05, 0.1) is 6.26 Å². The van der Waals surface area contributed by atoms with Gasteiger partial charge in [-0.05, 0) is 24.1 Å². The fourth-order valence-electron chi connectivity index (χ4n) is 1.96. The molecule has 124 valence electrons. The van der Waals surface area contributed by atoms with Crippen molar-refractivity contribution in [3.05, 3.63) is 29.8 Å². The Morgan fingerprint density at radius 3 is 2.36 bits per heavy atom. The summed E-state index contributed by atoms with van der Waals surface area (Å²) in [7, 11) is -1.89. The number of nitrogens with zero attached hydrogens (tertiary/aromatic N) is 1. The van der Waals surface area contributed by atoms with E-state index in [0.29, 0.717) is 26.1 Å². The molecule has 0 N–H and O–H groups in total. The number of ether oxygens (including phenoxy) is 1. The standard InChI is InChI=1S/C15H23NO5S/c1-4-15(17)16(10-5-11-20-2)12-13-6-8-14(9-7-13)21-22(3,18)19/h6-9H,4-5,10-12H2,1-3H3. The first-order chi connectivity index (χ1) is 10.4. The molecule has 0 saturated heterocycles. The Kier molecular flexibility index (Phi) is 7.34. The van der Waals surface area contributed by atoms with Crippen LogP contribution in [0.5, 0.6) is 5.75 Å². The molecule has 0 heterocycles. The topological polar surface area (TPSA) is 72.9 Å². The van der Waals surface area contributed by atoms with Gasteiger partial charge < -0.3 is 13.8 Å². The molecule has 0 spiro atoms. The first-order valence-corrected chi connectivity index (χ1v) is 8.92. The molecule has 0 atom stereocenters. The number of methoxy groups -OCH3 is 1. The summed E-state index contributed by atoms with van der Waals surface area (Å²) in [6, 6.07) is 6.68. The second-order valence-electron chi connectivity index (χ2n) is 4.95. The van der Waals surface area contributed by atoms with E-state index in [9.17, 15) is 13.2 Å². The molecule has 0 saturated carbocycles. The minimum atomic E-state index is -3.52. The molecule has 0 bridgehead atoms. The molecule has 0 unspecified atom stereocenters. The van der Waals surface area contributed by atoms with Crippen LogP contribution in [0.1, 0.15) is 25.3 Å². The van der Waals surface area contributed by atoms with E-state index in [0.717, 1.165) is 18.2 Å². The molecule has 22 heavy (non-hydrogen) atoms. The molecule has 1 amide bonds. The van der Waals surface area contributed by atoms with Crippen molar-refractivity contribution < 1.29 is 22.1 Å². The van der Waals surface area contributed by atoms with Crippen molar-refractivity contribution in [3.8, 4) is 5.75 Å². The maximum atomic E-state index is 11.9. The summed E-state index contributed by atoms with van der Waals surface area (Å²) in [6.45, 7) is 3.54. The molecule has 1 rings (SSSR count). The zero-order chi connectivity index (χ0) is 16.6. The highest BCUT2D eigenvalue weighted by Crippen LogP contribution is 2.15. The SMILES string of the molecule is CCC(=O)N(CCCOC)Cc1ccc(OS(C)(=O)=O)cc1. The number of hydrogen-bond donors (Lipinski definition) is 0. The highest BCUT2D eigenvalue weighted by Gasteiger charge is 2.12. The number of carbonyl (C=O) groups is 1. The van der Waals surface area contributed by atoms with Crippen LogP contribution >= 0.6 is 0 Å². The van der Waals surface area contributed by atoms with Gasteiger partial charge >= 0.3 is 10.1 Å². The normalized spacial score (nSPS) is 11.2. The van der Waals surface area contributed by atoms with E-state index in [-0.39, 0.29) is 11.7 Å². The number of rotatable bonds is 9. The maximum absolute atomic E-state index is 11.9. The van der Waals surface area contributed by atoms with Crippen molar-refractivity contribution in [1.82, 2.24) is 4.90 Å². The average Bonchev–Trinajstić information content (AvgIpc) is 2.46. The van der Waals surface area contributed by atoms with E-state index in [1.807, 2.05) is 6.92 Å². The Bertz CT molecular complexity index is 568. The quantitative estimate of drug-likeness (QED) is 0.510. The molecule has 6 nitrogen and oxygen atoms in total. The lowest BCUT2D eigenvalue weighted by Gasteiger charge is -2.22. The second-order valence-corrected chi connectivity index (χ2v) is 6.52. The zero-order valence-corrected chi connectivity index (χ0v) is 14.1. The van der Waals surface area contributed by atoms with Crippen LogP contribution in [0, 0.1) is 0 Å². The molecule has 0 aromatic heterocycles. The van der Waals surface area contributed by atoms with E-state index < -0.39 is 10.1 Å². The third-order valence-electron chi connectivity index (χ3n) is 2.98. The molecule has 7 heteroatoms. The largest absolute Gasteiger partial charge is 0.385 e. The van der Waals surface area contributed by atoms with Gasteiger partial charge in [0.15, 0.2) is 0 Å². The Balaban J connectivity index is 2.70. The summed E-state index contributed by atoms with van der Waals surface area (Å²) in [5, 5.41) is 0. The lowest BCUT2D eigenvalue weighted by molar-refractivity contribution is -0.131. The van der Waals surface area contributed by atoms with Gasteiger partial charge in [-0.3, -0.25) is 4.79 Å². The Morgan fingerprint density at radius 1 is 1.23 bits per heavy atom.